The van der Waals surface area contributed by atoms with Crippen LogP contribution in [0, 0.1) is 46.2 Å². The number of likely N-dealkylation sites (tertiary alicyclic amines) is 1. The minimum atomic E-state index is -4.87. The van der Waals surface area contributed by atoms with Crippen molar-refractivity contribution < 1.29 is 56.1 Å². The maximum Gasteiger partial charge on any atom is 0.417 e. The summed E-state index contributed by atoms with van der Waals surface area (Å²) < 4.78 is 66.8. The number of hydrogen-bond donors (Lipinski definition) is 4. The first-order chi connectivity index (χ1) is 27.6. The highest BCUT2D eigenvalue weighted by molar-refractivity contribution is 7.81. The average molecular weight is 842 g/mol. The van der Waals surface area contributed by atoms with Gasteiger partial charge in [0.05, 0.1) is 29.0 Å². The summed E-state index contributed by atoms with van der Waals surface area (Å²) in [7, 11) is 0. The van der Waals surface area contributed by atoms with Crippen LogP contribution in [0.25, 0.3) is 0 Å². The van der Waals surface area contributed by atoms with Crippen LogP contribution in [-0.2, 0) is 34.9 Å². The predicted octanol–water partition coefficient (Wildman–Crippen LogP) is 2.30. The second-order valence-electron chi connectivity index (χ2n) is 14.7. The number of hydrazine groups is 1. The number of β-amino-alcohol motifs (C(OH)–C–C–N with tert-alkyl or cyclic N) is 1. The number of carbonyl (C=O) groups is 5. The zero-order valence-corrected chi connectivity index (χ0v) is 33.1. The molecule has 0 spiro atoms. The summed E-state index contributed by atoms with van der Waals surface area (Å²) in [6.07, 6.45) is -5.68. The summed E-state index contributed by atoms with van der Waals surface area (Å²) in [6, 6.07) is 5.79. The van der Waals surface area contributed by atoms with Crippen molar-refractivity contribution in [3.05, 3.63) is 53.3 Å². The molecule has 3 atom stereocenters. The van der Waals surface area contributed by atoms with Gasteiger partial charge in [-0.2, -0.15) is 18.4 Å². The number of nitrogens with zero attached hydrogens (tertiary/aromatic N) is 4. The van der Waals surface area contributed by atoms with Crippen molar-refractivity contribution in [3.63, 3.8) is 0 Å². The van der Waals surface area contributed by atoms with Crippen molar-refractivity contribution in [1.29, 1.82) is 5.26 Å². The van der Waals surface area contributed by atoms with E-state index in [0.29, 0.717) is 6.07 Å². The molecule has 0 bridgehead atoms. The van der Waals surface area contributed by atoms with Crippen LogP contribution in [0.3, 0.4) is 0 Å². The molecule has 59 heavy (non-hydrogen) atoms. The molecular formula is C39H39F4N7O8S. The highest BCUT2D eigenvalue weighted by Gasteiger charge is 2.51. The third-order valence-corrected chi connectivity index (χ3v) is 9.38. The molecule has 5 amide bonds. The Morgan fingerprint density at radius 1 is 1.08 bits per heavy atom. The Hall–Kier alpha value is -6.27. The van der Waals surface area contributed by atoms with E-state index in [0.717, 1.165) is 21.9 Å². The van der Waals surface area contributed by atoms with E-state index >= 15 is 4.39 Å². The van der Waals surface area contributed by atoms with E-state index in [1.807, 2.05) is 5.43 Å². The summed E-state index contributed by atoms with van der Waals surface area (Å²) in [6.45, 7) is 6.91. The average Bonchev–Trinajstić information content (AvgIpc) is 3.63. The van der Waals surface area contributed by atoms with Crippen molar-refractivity contribution in [1.82, 2.24) is 21.1 Å². The van der Waals surface area contributed by atoms with Gasteiger partial charge in [0.1, 0.15) is 37.4 Å². The second kappa shape index (κ2) is 18.5. The summed E-state index contributed by atoms with van der Waals surface area (Å²) in [4.78, 5) is 66.0. The lowest BCUT2D eigenvalue weighted by Crippen LogP contribution is -2.58. The van der Waals surface area contributed by atoms with Gasteiger partial charge in [0.2, 0.25) is 18.2 Å². The monoisotopic (exact) mass is 841 g/mol. The molecule has 0 aliphatic carbocycles. The molecular weight excluding hydrogens is 803 g/mol. The van der Waals surface area contributed by atoms with Gasteiger partial charge < -0.3 is 29.7 Å². The van der Waals surface area contributed by atoms with Crippen molar-refractivity contribution in [2.45, 2.75) is 70.9 Å². The third kappa shape index (κ3) is 10.6. The number of hydrogen-bond acceptors (Lipinski definition) is 10. The summed E-state index contributed by atoms with van der Waals surface area (Å²) in [5.41, 5.74) is -0.0714. The van der Waals surface area contributed by atoms with Crippen molar-refractivity contribution in [3.8, 4) is 35.5 Å². The molecule has 2 aliphatic heterocycles. The summed E-state index contributed by atoms with van der Waals surface area (Å²) in [5, 5.41) is 21.7. The smallest absolute Gasteiger partial charge is 0.417 e. The first-order valence-corrected chi connectivity index (χ1v) is 18.1. The Balaban J connectivity index is 1.30. The Labute approximate surface area is 341 Å². The molecule has 2 fully saturated rings. The van der Waals surface area contributed by atoms with E-state index in [1.54, 1.807) is 20.8 Å². The van der Waals surface area contributed by atoms with Gasteiger partial charge in [-0.1, -0.05) is 26.7 Å². The number of amides is 5. The van der Waals surface area contributed by atoms with Gasteiger partial charge in [-0.3, -0.25) is 39.7 Å². The van der Waals surface area contributed by atoms with Gasteiger partial charge in [-0.05, 0) is 79.6 Å². The fourth-order valence-electron chi connectivity index (χ4n) is 6.18. The number of anilines is 2. The van der Waals surface area contributed by atoms with E-state index in [1.165, 1.54) is 43.0 Å². The van der Waals surface area contributed by atoms with Crippen LogP contribution >= 0.6 is 12.2 Å². The third-order valence-electron chi connectivity index (χ3n) is 9.01. The number of nitrogens with one attached hydrogen (secondary N) is 3. The molecule has 0 unspecified atom stereocenters. The Kier molecular flexibility index (Phi) is 14.3. The van der Waals surface area contributed by atoms with Gasteiger partial charge >= 0.3 is 6.18 Å². The number of aliphatic hydroxyl groups is 1. The number of benzene rings is 2. The quantitative estimate of drug-likeness (QED) is 0.0613. The normalized spacial score (nSPS) is 17.8. The van der Waals surface area contributed by atoms with Crippen LogP contribution in [0.2, 0.25) is 0 Å². The minimum Gasteiger partial charge on any atom is -0.478 e. The van der Waals surface area contributed by atoms with Crippen LogP contribution in [0.4, 0.5) is 28.9 Å². The van der Waals surface area contributed by atoms with Crippen LogP contribution < -0.4 is 30.7 Å². The van der Waals surface area contributed by atoms with Gasteiger partial charge in [-0.25, -0.2) is 4.39 Å². The number of alkyl halides is 3. The number of ether oxygens (including phenoxy) is 2. The van der Waals surface area contributed by atoms with Crippen LogP contribution in [0.5, 0.6) is 5.75 Å². The molecule has 20 heteroatoms. The molecule has 2 aromatic carbocycles. The molecule has 312 valence electrons. The number of carbonyl (C=O) groups excluding carboxylic acids is 5. The first kappa shape index (κ1) is 45.4. The summed E-state index contributed by atoms with van der Waals surface area (Å²) in [5.74, 6) is 6.41. The molecule has 2 saturated heterocycles. The van der Waals surface area contributed by atoms with E-state index in [-0.39, 0.29) is 54.8 Å². The van der Waals surface area contributed by atoms with Gasteiger partial charge in [0.15, 0.2) is 16.7 Å². The zero-order valence-electron chi connectivity index (χ0n) is 32.3. The fraction of sp³-hybridized carbons (Fsp3) is 0.410. The topological polar surface area (TPSA) is 194 Å². The SMILES string of the molecule is CC(C)(C)[C@H](NC(=O)COCC#CC#CCOc1ccc(N2C(=S)N(c3ccc(C#N)c(C(F)(F)F)c3)C(=O)C2(C)C)cc1F)C(=O)N1C[C@H](O)C[C@H]1C(=O)NNC=O. The molecule has 4 N–H and O–H groups in total. The van der Waals surface area contributed by atoms with E-state index in [2.05, 4.69) is 34.4 Å². The maximum absolute atomic E-state index is 15.2. The molecule has 2 aliphatic rings. The lowest BCUT2D eigenvalue weighted by molar-refractivity contribution is -0.144. The molecule has 0 radical (unpaired) electrons. The van der Waals surface area contributed by atoms with Crippen molar-refractivity contribution >= 4 is 58.7 Å². The number of aliphatic hydroxyl groups excluding tert-OH is 1. The second-order valence-corrected chi connectivity index (χ2v) is 15.0. The predicted molar refractivity (Wildman–Crippen MR) is 206 cm³/mol. The van der Waals surface area contributed by atoms with Crippen LogP contribution in [0.1, 0.15) is 52.2 Å². The fourth-order valence-corrected chi connectivity index (χ4v) is 6.70. The minimum absolute atomic E-state index is 0.0622. The van der Waals surface area contributed by atoms with E-state index in [4.69, 9.17) is 27.0 Å². The first-order valence-electron chi connectivity index (χ1n) is 17.7. The maximum atomic E-state index is 15.2. The number of halogens is 4. The molecule has 0 aromatic heterocycles. The summed E-state index contributed by atoms with van der Waals surface area (Å²) >= 11 is 5.49. The Morgan fingerprint density at radius 2 is 1.75 bits per heavy atom. The molecule has 2 aromatic rings. The number of rotatable bonds is 12. The van der Waals surface area contributed by atoms with Gasteiger partial charge in [-0.15, -0.1) is 0 Å². The van der Waals surface area contributed by atoms with Gasteiger partial charge in [0, 0.05) is 24.7 Å². The van der Waals surface area contributed by atoms with E-state index < -0.39 is 82.5 Å². The molecule has 0 saturated carbocycles. The molecule has 2 heterocycles. The highest BCUT2D eigenvalue weighted by Crippen LogP contribution is 2.40. The van der Waals surface area contributed by atoms with Crippen molar-refractivity contribution in [2.24, 2.45) is 5.41 Å². The van der Waals surface area contributed by atoms with Gasteiger partial charge in [0.25, 0.3) is 11.8 Å². The Bertz CT molecular complexity index is 2180. The highest BCUT2D eigenvalue weighted by atomic mass is 32.1. The van der Waals surface area contributed by atoms with Crippen LogP contribution in [0.15, 0.2) is 36.4 Å². The molecule has 15 nitrogen and oxygen atoms in total. The molecule has 4 rings (SSSR count). The number of nitriles is 1. The largest absolute Gasteiger partial charge is 0.478 e. The lowest BCUT2D eigenvalue weighted by Gasteiger charge is -2.35. The van der Waals surface area contributed by atoms with Crippen LogP contribution in [-0.4, -0.2) is 95.2 Å². The lowest BCUT2D eigenvalue weighted by atomic mass is 9.85. The van der Waals surface area contributed by atoms with E-state index in [9.17, 15) is 42.3 Å². The number of thiocarbonyl (C=S) groups is 1. The Morgan fingerprint density at radius 3 is 2.36 bits per heavy atom. The zero-order chi connectivity index (χ0) is 43.9. The standard InChI is InChI=1S/C39H39F4N7O8S/c1-37(2,3)32(34(55)48-20-26(52)18-29(48)33(54)47-45-22-51)46-31(53)21-57-14-8-6-7-9-15-58-30-13-12-25(17-28(30)40)50-36(59)49(35(56)38(50,4)5)24-11-10-23(19-44)27(16-24)39(41,42)43/h10-13,16-17,22,26,29,32,52H,14-15,18,20-21H2,1-5H3,(H,45,51)(H,46,53)(H,47,54)/t26-,29+,32-/m1/s1. The van der Waals surface area contributed by atoms with Crippen molar-refractivity contribution in [2.75, 3.05) is 36.2 Å².